The molecule has 25 heavy (non-hydrogen) atoms. The van der Waals surface area contributed by atoms with Crippen LogP contribution >= 0.6 is 15.9 Å². The number of nitrogens with zero attached hydrogens (tertiary/aromatic N) is 2. The summed E-state index contributed by atoms with van der Waals surface area (Å²) < 4.78 is 43.2. The largest absolute Gasteiger partial charge is 0.338 e. The summed E-state index contributed by atoms with van der Waals surface area (Å²) in [6, 6.07) is 11.6. The molecule has 0 fully saturated rings. The van der Waals surface area contributed by atoms with Crippen LogP contribution in [0.1, 0.15) is 17.0 Å². The van der Waals surface area contributed by atoms with E-state index in [0.717, 1.165) is 11.1 Å². The minimum Gasteiger partial charge on any atom is -0.338 e. The van der Waals surface area contributed by atoms with Crippen molar-refractivity contribution in [1.29, 1.82) is 0 Å². The van der Waals surface area contributed by atoms with E-state index in [2.05, 4.69) is 26.1 Å². The van der Waals surface area contributed by atoms with Gasteiger partial charge in [-0.3, -0.25) is 0 Å². The summed E-state index contributed by atoms with van der Waals surface area (Å²) in [5, 5.41) is 3.84. The fourth-order valence-electron chi connectivity index (χ4n) is 2.34. The van der Waals surface area contributed by atoms with Crippen molar-refractivity contribution < 1.29 is 17.3 Å². The maximum Gasteiger partial charge on any atom is 0.242 e. The summed E-state index contributed by atoms with van der Waals surface area (Å²) >= 11 is 3.04. The number of sulfone groups is 1. The first kappa shape index (κ1) is 17.8. The molecule has 0 N–H and O–H groups in total. The quantitative estimate of drug-likeness (QED) is 0.617. The molecule has 8 heteroatoms. The van der Waals surface area contributed by atoms with Crippen molar-refractivity contribution in [2.75, 3.05) is 0 Å². The SMILES string of the molecule is Cc1cccc(-c2noc(CS(=O)(=O)Cc3ccc(F)c(Br)c3)n2)c1. The average Bonchev–Trinajstić information content (AvgIpc) is 2.98. The number of halogens is 2. The summed E-state index contributed by atoms with van der Waals surface area (Å²) in [5.41, 5.74) is 2.28. The predicted octanol–water partition coefficient (Wildman–Crippen LogP) is 4.06. The molecule has 0 aliphatic rings. The standard InChI is InChI=1S/C17H14BrFN2O3S/c1-11-3-2-4-13(7-11)17-20-16(24-21-17)10-25(22,23)9-12-5-6-15(19)14(18)8-12/h2-8H,9-10H2,1H3. The van der Waals surface area contributed by atoms with E-state index in [9.17, 15) is 12.8 Å². The van der Waals surface area contributed by atoms with Crippen molar-refractivity contribution in [2.24, 2.45) is 0 Å². The van der Waals surface area contributed by atoms with E-state index in [4.69, 9.17) is 4.52 Å². The first-order valence-corrected chi connectivity index (χ1v) is 9.98. The van der Waals surface area contributed by atoms with Crippen LogP contribution < -0.4 is 0 Å². The molecule has 0 radical (unpaired) electrons. The number of hydrogen-bond donors (Lipinski definition) is 0. The molecule has 3 aromatic rings. The van der Waals surface area contributed by atoms with Gasteiger partial charge in [-0.15, -0.1) is 0 Å². The van der Waals surface area contributed by atoms with Crippen LogP contribution in [0.2, 0.25) is 0 Å². The molecule has 5 nitrogen and oxygen atoms in total. The molecule has 1 aromatic heterocycles. The van der Waals surface area contributed by atoms with Crippen molar-refractivity contribution in [3.05, 3.63) is 69.8 Å². The van der Waals surface area contributed by atoms with Crippen LogP contribution in [0.5, 0.6) is 0 Å². The molecular formula is C17H14BrFN2O3S. The normalized spacial score (nSPS) is 11.6. The van der Waals surface area contributed by atoms with Crippen LogP contribution in [0.25, 0.3) is 11.4 Å². The average molecular weight is 425 g/mol. The summed E-state index contributed by atoms with van der Waals surface area (Å²) in [6.07, 6.45) is 0. The first-order valence-electron chi connectivity index (χ1n) is 7.36. The molecule has 0 saturated carbocycles. The van der Waals surface area contributed by atoms with E-state index in [0.29, 0.717) is 11.4 Å². The number of aryl methyl sites for hydroxylation is 1. The molecular weight excluding hydrogens is 411 g/mol. The molecule has 0 atom stereocenters. The Morgan fingerprint density at radius 2 is 1.96 bits per heavy atom. The summed E-state index contributed by atoms with van der Waals surface area (Å²) in [6.45, 7) is 1.94. The second kappa shape index (κ2) is 7.05. The highest BCUT2D eigenvalue weighted by Crippen LogP contribution is 2.21. The van der Waals surface area contributed by atoms with E-state index in [-0.39, 0.29) is 21.9 Å². The molecule has 0 saturated heterocycles. The van der Waals surface area contributed by atoms with Gasteiger partial charge in [-0.25, -0.2) is 12.8 Å². The van der Waals surface area contributed by atoms with E-state index < -0.39 is 15.7 Å². The Morgan fingerprint density at radius 3 is 2.68 bits per heavy atom. The van der Waals surface area contributed by atoms with Gasteiger partial charge in [0.05, 0.1) is 10.2 Å². The van der Waals surface area contributed by atoms with Gasteiger partial charge in [0.1, 0.15) is 11.6 Å². The summed E-state index contributed by atoms with van der Waals surface area (Å²) in [4.78, 5) is 4.15. The monoisotopic (exact) mass is 424 g/mol. The van der Waals surface area contributed by atoms with Crippen LogP contribution in [-0.2, 0) is 21.3 Å². The third kappa shape index (κ3) is 4.52. The molecule has 0 aliphatic carbocycles. The second-order valence-corrected chi connectivity index (χ2v) is 8.58. The molecule has 0 bridgehead atoms. The Bertz CT molecular complexity index is 1020. The topological polar surface area (TPSA) is 73.1 Å². The van der Waals surface area contributed by atoms with Gasteiger partial charge in [-0.05, 0) is 46.6 Å². The van der Waals surface area contributed by atoms with Crippen LogP contribution in [0.4, 0.5) is 4.39 Å². The fraction of sp³-hybridized carbons (Fsp3) is 0.176. The number of aromatic nitrogens is 2. The lowest BCUT2D eigenvalue weighted by Gasteiger charge is -2.03. The second-order valence-electron chi connectivity index (χ2n) is 5.66. The maximum atomic E-state index is 13.2. The van der Waals surface area contributed by atoms with E-state index in [1.54, 1.807) is 0 Å². The minimum atomic E-state index is -3.53. The van der Waals surface area contributed by atoms with Gasteiger partial charge in [0.25, 0.3) is 0 Å². The van der Waals surface area contributed by atoms with Crippen molar-refractivity contribution in [2.45, 2.75) is 18.4 Å². The Labute approximate surface area is 152 Å². The predicted molar refractivity (Wildman–Crippen MR) is 94.9 cm³/mol. The van der Waals surface area contributed by atoms with Crippen LogP contribution in [0.3, 0.4) is 0 Å². The third-order valence-corrected chi connectivity index (χ3v) is 5.53. The number of benzene rings is 2. The van der Waals surface area contributed by atoms with Crippen molar-refractivity contribution in [3.63, 3.8) is 0 Å². The lowest BCUT2D eigenvalue weighted by Crippen LogP contribution is -2.08. The van der Waals surface area contributed by atoms with E-state index in [1.165, 1.54) is 18.2 Å². The van der Waals surface area contributed by atoms with Crippen molar-refractivity contribution >= 4 is 25.8 Å². The number of hydrogen-bond acceptors (Lipinski definition) is 5. The first-order chi connectivity index (χ1) is 11.8. The molecule has 0 spiro atoms. The van der Waals surface area contributed by atoms with Gasteiger partial charge in [0, 0.05) is 5.56 Å². The highest BCUT2D eigenvalue weighted by atomic mass is 79.9. The van der Waals surface area contributed by atoms with Crippen LogP contribution in [-0.4, -0.2) is 18.6 Å². The zero-order chi connectivity index (χ0) is 18.0. The van der Waals surface area contributed by atoms with Crippen LogP contribution in [0.15, 0.2) is 51.5 Å². The highest BCUT2D eigenvalue weighted by molar-refractivity contribution is 9.10. The summed E-state index contributed by atoms with van der Waals surface area (Å²) in [5.74, 6) is -0.688. The summed E-state index contributed by atoms with van der Waals surface area (Å²) in [7, 11) is -3.53. The Kier molecular flexibility index (Phi) is 5.01. The van der Waals surface area contributed by atoms with Gasteiger partial charge < -0.3 is 4.52 Å². The van der Waals surface area contributed by atoms with E-state index >= 15 is 0 Å². The van der Waals surface area contributed by atoms with Gasteiger partial charge in [0.15, 0.2) is 9.84 Å². The lowest BCUT2D eigenvalue weighted by atomic mass is 10.1. The van der Waals surface area contributed by atoms with Crippen LogP contribution in [0, 0.1) is 12.7 Å². The highest BCUT2D eigenvalue weighted by Gasteiger charge is 2.19. The zero-order valence-electron chi connectivity index (χ0n) is 13.2. The van der Waals surface area contributed by atoms with Gasteiger partial charge in [0.2, 0.25) is 11.7 Å². The van der Waals surface area contributed by atoms with Gasteiger partial charge >= 0.3 is 0 Å². The fourth-order valence-corrected chi connectivity index (χ4v) is 4.05. The molecule has 0 unspecified atom stereocenters. The molecule has 0 aliphatic heterocycles. The Hall–Kier alpha value is -2.06. The molecule has 3 rings (SSSR count). The Morgan fingerprint density at radius 1 is 1.16 bits per heavy atom. The van der Waals surface area contributed by atoms with Gasteiger partial charge in [-0.1, -0.05) is 35.0 Å². The van der Waals surface area contributed by atoms with E-state index in [1.807, 2.05) is 31.2 Å². The molecule has 2 aromatic carbocycles. The van der Waals surface area contributed by atoms with Gasteiger partial charge in [-0.2, -0.15) is 4.98 Å². The third-order valence-electron chi connectivity index (χ3n) is 3.46. The maximum absolute atomic E-state index is 13.2. The molecule has 0 amide bonds. The van der Waals surface area contributed by atoms with Crippen molar-refractivity contribution in [1.82, 2.24) is 10.1 Å². The molecule has 1 heterocycles. The number of rotatable bonds is 5. The smallest absolute Gasteiger partial charge is 0.242 e. The van der Waals surface area contributed by atoms with Crippen molar-refractivity contribution in [3.8, 4) is 11.4 Å². The minimum absolute atomic E-state index is 0.0256. The molecule has 130 valence electrons. The lowest BCUT2D eigenvalue weighted by molar-refractivity contribution is 0.389. The Balaban J connectivity index is 1.76. The zero-order valence-corrected chi connectivity index (χ0v) is 15.6.